The molecule has 0 aromatic carbocycles. The average Bonchev–Trinajstić information content (AvgIpc) is 2.52. The third-order valence-corrected chi connectivity index (χ3v) is 1.37. The largest absolute Gasteiger partial charge is 0.461 e. The van der Waals surface area contributed by atoms with Crippen LogP contribution in [0.5, 0.6) is 0 Å². The highest BCUT2D eigenvalue weighted by Crippen LogP contribution is 2.05. The topological polar surface area (TPSA) is 30.2 Å². The van der Waals surface area contributed by atoms with Crippen molar-refractivity contribution in [2.45, 2.75) is 12.8 Å². The van der Waals surface area contributed by atoms with Crippen molar-refractivity contribution < 1.29 is 9.21 Å². The number of carbonyl (C=O) groups is 1. The van der Waals surface area contributed by atoms with Crippen LogP contribution in [0.2, 0.25) is 0 Å². The molecule has 0 fully saturated rings. The van der Waals surface area contributed by atoms with Gasteiger partial charge < -0.3 is 4.42 Å². The quantitative estimate of drug-likeness (QED) is 0.487. The van der Waals surface area contributed by atoms with Crippen molar-refractivity contribution >= 4 is 5.78 Å². The monoisotopic (exact) mass is 150 g/mol. The third-order valence-electron chi connectivity index (χ3n) is 1.37. The second kappa shape index (κ2) is 3.76. The van der Waals surface area contributed by atoms with Crippen LogP contribution in [0.3, 0.4) is 0 Å². The average molecular weight is 150 g/mol. The molecule has 1 heterocycles. The maximum absolute atomic E-state index is 11.1. The molecule has 0 N–H and O–H groups in total. The molecule has 2 nitrogen and oxygen atoms in total. The zero-order valence-electron chi connectivity index (χ0n) is 6.25. The molecule has 0 unspecified atom stereocenters. The minimum Gasteiger partial charge on any atom is -0.461 e. The van der Waals surface area contributed by atoms with Gasteiger partial charge in [0.15, 0.2) is 11.5 Å². The molecule has 1 aromatic heterocycles. The van der Waals surface area contributed by atoms with Crippen molar-refractivity contribution in [3.63, 3.8) is 0 Å². The van der Waals surface area contributed by atoms with Crippen molar-refractivity contribution in [3.8, 4) is 0 Å². The predicted octanol–water partition coefficient (Wildman–Crippen LogP) is 2.43. The Hall–Kier alpha value is -1.31. The van der Waals surface area contributed by atoms with Gasteiger partial charge >= 0.3 is 0 Å². The normalized spacial score (nSPS) is 9.45. The van der Waals surface area contributed by atoms with Gasteiger partial charge in [-0.1, -0.05) is 6.08 Å². The van der Waals surface area contributed by atoms with Crippen LogP contribution in [-0.4, -0.2) is 5.78 Å². The number of Topliss-reactive ketones (excluding diaryl/α,β-unsaturated/α-hetero) is 1. The number of hydrogen-bond acceptors (Lipinski definition) is 2. The Labute approximate surface area is 65.5 Å². The smallest absolute Gasteiger partial charge is 0.198 e. The Kier molecular flexibility index (Phi) is 2.66. The second-order valence-electron chi connectivity index (χ2n) is 2.23. The molecule has 0 amide bonds. The number of ketones is 1. The first-order valence-electron chi connectivity index (χ1n) is 3.52. The van der Waals surface area contributed by atoms with E-state index in [1.54, 1.807) is 18.2 Å². The van der Waals surface area contributed by atoms with E-state index >= 15 is 0 Å². The molecule has 0 spiro atoms. The van der Waals surface area contributed by atoms with Gasteiger partial charge in [-0.15, -0.1) is 6.58 Å². The Bertz CT molecular complexity index is 234. The summed E-state index contributed by atoms with van der Waals surface area (Å²) in [6.07, 6.45) is 4.42. The number of allylic oxidation sites excluding steroid dienone is 1. The molecule has 0 bridgehead atoms. The molecule has 11 heavy (non-hydrogen) atoms. The number of hydrogen-bond donors (Lipinski definition) is 0. The highest BCUT2D eigenvalue weighted by Gasteiger charge is 2.05. The molecule has 58 valence electrons. The molecule has 1 rings (SSSR count). The van der Waals surface area contributed by atoms with Crippen LogP contribution in [0.4, 0.5) is 0 Å². The van der Waals surface area contributed by atoms with Gasteiger partial charge in [0.2, 0.25) is 0 Å². The Morgan fingerprint density at radius 2 is 2.55 bits per heavy atom. The maximum Gasteiger partial charge on any atom is 0.198 e. The van der Waals surface area contributed by atoms with Gasteiger partial charge in [-0.05, 0) is 18.6 Å². The number of furan rings is 1. The molecule has 0 saturated heterocycles. The lowest BCUT2D eigenvalue weighted by Crippen LogP contribution is -1.94. The molecule has 2 heteroatoms. The van der Waals surface area contributed by atoms with Gasteiger partial charge in [-0.2, -0.15) is 0 Å². The number of rotatable bonds is 4. The highest BCUT2D eigenvalue weighted by atomic mass is 16.3. The van der Waals surface area contributed by atoms with Gasteiger partial charge in [0.1, 0.15) is 0 Å². The Balaban J connectivity index is 2.49. The molecule has 1 aromatic rings. The first-order chi connectivity index (χ1) is 5.34. The lowest BCUT2D eigenvalue weighted by atomic mass is 10.2. The minimum absolute atomic E-state index is 0.0369. The molecule has 0 aliphatic heterocycles. The zero-order chi connectivity index (χ0) is 8.10. The van der Waals surface area contributed by atoms with E-state index < -0.39 is 0 Å². The van der Waals surface area contributed by atoms with E-state index in [1.807, 2.05) is 0 Å². The van der Waals surface area contributed by atoms with Gasteiger partial charge in [-0.25, -0.2) is 0 Å². The van der Waals surface area contributed by atoms with Crippen LogP contribution < -0.4 is 0 Å². The summed E-state index contributed by atoms with van der Waals surface area (Å²) in [4.78, 5) is 11.1. The van der Waals surface area contributed by atoms with Crippen LogP contribution >= 0.6 is 0 Å². The SMILES string of the molecule is C=CCCC(=O)c1ccco1. The van der Waals surface area contributed by atoms with E-state index in [2.05, 4.69) is 6.58 Å². The van der Waals surface area contributed by atoms with Crippen LogP contribution in [0, 0.1) is 0 Å². The summed E-state index contributed by atoms with van der Waals surface area (Å²) in [6.45, 7) is 3.53. The minimum atomic E-state index is 0.0369. The standard InChI is InChI=1S/C9H10O2/c1-2-3-5-8(10)9-6-4-7-11-9/h2,4,6-7H,1,3,5H2. The van der Waals surface area contributed by atoms with Crippen molar-refractivity contribution in [2.75, 3.05) is 0 Å². The third kappa shape index (κ3) is 2.08. The van der Waals surface area contributed by atoms with Crippen LogP contribution in [-0.2, 0) is 0 Å². The van der Waals surface area contributed by atoms with E-state index in [4.69, 9.17) is 4.42 Å². The molecular formula is C9H10O2. The number of carbonyl (C=O) groups excluding carboxylic acids is 1. The fraction of sp³-hybridized carbons (Fsp3) is 0.222. The first-order valence-corrected chi connectivity index (χ1v) is 3.52. The summed E-state index contributed by atoms with van der Waals surface area (Å²) in [7, 11) is 0. The fourth-order valence-corrected chi connectivity index (χ4v) is 0.794. The summed E-state index contributed by atoms with van der Waals surface area (Å²) in [5, 5.41) is 0. The molecule has 0 atom stereocenters. The first kappa shape index (κ1) is 7.79. The van der Waals surface area contributed by atoms with Gasteiger partial charge in [0.25, 0.3) is 0 Å². The summed E-state index contributed by atoms with van der Waals surface area (Å²) in [6, 6.07) is 3.38. The van der Waals surface area contributed by atoms with E-state index in [9.17, 15) is 4.79 Å². The van der Waals surface area contributed by atoms with Crippen LogP contribution in [0.15, 0.2) is 35.5 Å². The van der Waals surface area contributed by atoms with Crippen LogP contribution in [0.25, 0.3) is 0 Å². The zero-order valence-corrected chi connectivity index (χ0v) is 6.25. The summed E-state index contributed by atoms with van der Waals surface area (Å²) in [5.41, 5.74) is 0. The lowest BCUT2D eigenvalue weighted by molar-refractivity contribution is 0.0957. The summed E-state index contributed by atoms with van der Waals surface area (Å²) < 4.78 is 4.91. The Morgan fingerprint density at radius 1 is 1.73 bits per heavy atom. The van der Waals surface area contributed by atoms with Crippen molar-refractivity contribution in [1.29, 1.82) is 0 Å². The van der Waals surface area contributed by atoms with Gasteiger partial charge in [-0.3, -0.25) is 4.79 Å². The fourth-order valence-electron chi connectivity index (χ4n) is 0.794. The van der Waals surface area contributed by atoms with E-state index in [0.717, 1.165) is 0 Å². The van der Waals surface area contributed by atoms with Gasteiger partial charge in [0, 0.05) is 6.42 Å². The summed E-state index contributed by atoms with van der Waals surface area (Å²) in [5.74, 6) is 0.474. The molecule has 0 aliphatic carbocycles. The predicted molar refractivity (Wildman–Crippen MR) is 42.5 cm³/mol. The van der Waals surface area contributed by atoms with Crippen molar-refractivity contribution in [1.82, 2.24) is 0 Å². The highest BCUT2D eigenvalue weighted by molar-refractivity contribution is 5.93. The molecule has 0 aliphatic rings. The maximum atomic E-state index is 11.1. The Morgan fingerprint density at radius 3 is 3.09 bits per heavy atom. The van der Waals surface area contributed by atoms with E-state index in [0.29, 0.717) is 18.6 Å². The molecule has 0 saturated carbocycles. The molecular weight excluding hydrogens is 140 g/mol. The van der Waals surface area contributed by atoms with Gasteiger partial charge in [0.05, 0.1) is 6.26 Å². The lowest BCUT2D eigenvalue weighted by Gasteiger charge is -1.91. The van der Waals surface area contributed by atoms with Crippen molar-refractivity contribution in [3.05, 3.63) is 36.8 Å². The molecule has 0 radical (unpaired) electrons. The van der Waals surface area contributed by atoms with E-state index in [-0.39, 0.29) is 5.78 Å². The summed E-state index contributed by atoms with van der Waals surface area (Å²) >= 11 is 0. The van der Waals surface area contributed by atoms with Crippen molar-refractivity contribution in [2.24, 2.45) is 0 Å². The van der Waals surface area contributed by atoms with E-state index in [1.165, 1.54) is 6.26 Å². The van der Waals surface area contributed by atoms with Crippen LogP contribution in [0.1, 0.15) is 23.4 Å². The second-order valence-corrected chi connectivity index (χ2v) is 2.23.